The molecule has 0 aromatic heterocycles. The Balaban J connectivity index is 0.000000380. The van der Waals surface area contributed by atoms with E-state index in [9.17, 15) is 23.1 Å². The third kappa shape index (κ3) is 7.88. The molecule has 2 aromatic carbocycles. The monoisotopic (exact) mass is 461 g/mol. The molecule has 0 radical (unpaired) electrons. The molecule has 2 atom stereocenters. The van der Waals surface area contributed by atoms with Crippen molar-refractivity contribution < 1.29 is 36.5 Å². The van der Waals surface area contributed by atoms with Crippen LogP contribution in [0.3, 0.4) is 0 Å². The number of amides is 1. The molecule has 1 heterocycles. The van der Waals surface area contributed by atoms with Crippen LogP contribution in [0.25, 0.3) is 0 Å². The van der Waals surface area contributed by atoms with Crippen molar-refractivity contribution in [3.63, 3.8) is 0 Å². The van der Waals surface area contributed by atoms with E-state index in [1.165, 1.54) is 0 Å². The van der Waals surface area contributed by atoms with Gasteiger partial charge in [0.1, 0.15) is 18.4 Å². The molecule has 0 fully saturated rings. The standard InChI is InChI=1S/C15H16N2O6S.C7H8O/c18-14(19)13-12(8-4-5-9-17(13)24(21)22)16-15(20)23-10-11-6-2-1-3-7-11;1-8-7-5-3-2-4-6-7/h1-7,12-13H,8-10H2,(H-,16,18,19,20);2-6H,1H3/p+1. The lowest BCUT2D eigenvalue weighted by Gasteiger charge is -2.18. The van der Waals surface area contributed by atoms with Crippen LogP contribution in [-0.4, -0.2) is 55.3 Å². The minimum Gasteiger partial charge on any atom is -0.497 e. The number of carboxylic acid groups (broad SMARTS) is 1. The quantitative estimate of drug-likeness (QED) is 0.518. The number of nitrogens with one attached hydrogen (secondary N) is 1. The van der Waals surface area contributed by atoms with Crippen molar-refractivity contribution in [2.24, 2.45) is 0 Å². The molecule has 9 nitrogen and oxygen atoms in total. The summed E-state index contributed by atoms with van der Waals surface area (Å²) in [4.78, 5) is 23.4. The molecule has 2 N–H and O–H groups in total. The van der Waals surface area contributed by atoms with Crippen LogP contribution in [-0.2, 0) is 26.6 Å². The summed E-state index contributed by atoms with van der Waals surface area (Å²) < 4.78 is 33.2. The molecule has 2 aromatic rings. The average Bonchev–Trinajstić information content (AvgIpc) is 3.02. The number of benzene rings is 2. The largest absolute Gasteiger partial charge is 0.497 e. The van der Waals surface area contributed by atoms with Crippen LogP contribution in [0.2, 0.25) is 0 Å². The molecule has 1 aliphatic rings. The number of para-hydroxylation sites is 1. The maximum Gasteiger partial charge on any atom is 0.460 e. The molecule has 0 bridgehead atoms. The van der Waals surface area contributed by atoms with Crippen LogP contribution >= 0.6 is 0 Å². The Bertz CT molecular complexity index is 1050. The molecule has 170 valence electrons. The maximum atomic E-state index is 11.9. The fourth-order valence-electron chi connectivity index (χ4n) is 2.92. The fraction of sp³-hybridized carbons (Fsp3) is 0.273. The lowest BCUT2D eigenvalue weighted by Crippen LogP contribution is -2.51. The smallest absolute Gasteiger partial charge is 0.460 e. The lowest BCUT2D eigenvalue weighted by molar-refractivity contribution is -0.524. The second-order valence-electron chi connectivity index (χ2n) is 6.64. The van der Waals surface area contributed by atoms with Gasteiger partial charge in [0.25, 0.3) is 6.04 Å². The Morgan fingerprint density at radius 3 is 2.22 bits per heavy atom. The first-order valence-corrected chi connectivity index (χ1v) is 10.8. The van der Waals surface area contributed by atoms with Crippen molar-refractivity contribution in [1.29, 1.82) is 0 Å². The topological polar surface area (TPSA) is 122 Å². The van der Waals surface area contributed by atoms with Crippen molar-refractivity contribution in [3.05, 3.63) is 78.4 Å². The molecule has 0 saturated heterocycles. The zero-order valence-corrected chi connectivity index (χ0v) is 18.3. The van der Waals surface area contributed by atoms with Gasteiger partial charge in [-0.05, 0) is 30.2 Å². The number of methoxy groups -OCH3 is 1. The van der Waals surface area contributed by atoms with Crippen LogP contribution in [0, 0.1) is 0 Å². The number of carboxylic acids is 1. The number of ether oxygens (including phenoxy) is 2. The number of nitrogens with zero attached hydrogens (tertiary/aromatic N) is 1. The van der Waals surface area contributed by atoms with E-state index in [4.69, 9.17) is 9.47 Å². The third-order valence-electron chi connectivity index (χ3n) is 4.47. The highest BCUT2D eigenvalue weighted by molar-refractivity contribution is 7.58. The second kappa shape index (κ2) is 12.9. The van der Waals surface area contributed by atoms with Crippen LogP contribution in [0.5, 0.6) is 5.75 Å². The number of hydrogen-bond acceptors (Lipinski definition) is 6. The van der Waals surface area contributed by atoms with Gasteiger partial charge < -0.3 is 19.9 Å². The molecule has 1 aliphatic heterocycles. The van der Waals surface area contributed by atoms with Gasteiger partial charge >= 0.3 is 22.6 Å². The van der Waals surface area contributed by atoms with Gasteiger partial charge in [0.2, 0.25) is 0 Å². The minimum atomic E-state index is -2.72. The van der Waals surface area contributed by atoms with Crippen molar-refractivity contribution in [1.82, 2.24) is 5.32 Å². The molecule has 0 saturated carbocycles. The summed E-state index contributed by atoms with van der Waals surface area (Å²) in [6.45, 7) is -0.0332. The fourth-order valence-corrected chi connectivity index (χ4v) is 3.55. The molecule has 0 aliphatic carbocycles. The molecule has 2 unspecified atom stereocenters. The Labute approximate surface area is 187 Å². The molecular formula is C22H25N2O7S+. The van der Waals surface area contributed by atoms with E-state index in [-0.39, 0.29) is 19.6 Å². The first-order chi connectivity index (χ1) is 15.4. The Kier molecular flexibility index (Phi) is 9.92. The van der Waals surface area contributed by atoms with Gasteiger partial charge in [-0.15, -0.1) is 8.42 Å². The van der Waals surface area contributed by atoms with E-state index in [1.54, 1.807) is 43.5 Å². The summed E-state index contributed by atoms with van der Waals surface area (Å²) in [5.41, 5.74) is 0.783. The van der Waals surface area contributed by atoms with Crippen LogP contribution in [0.4, 0.5) is 4.79 Å². The van der Waals surface area contributed by atoms with Gasteiger partial charge in [-0.2, -0.15) is 0 Å². The van der Waals surface area contributed by atoms with E-state index in [0.717, 1.165) is 15.3 Å². The van der Waals surface area contributed by atoms with Crippen molar-refractivity contribution in [2.75, 3.05) is 13.7 Å². The third-order valence-corrected chi connectivity index (χ3v) is 5.23. The number of rotatable bonds is 5. The van der Waals surface area contributed by atoms with E-state index >= 15 is 0 Å². The molecule has 0 spiro atoms. The number of aliphatic carboxylic acids is 1. The van der Waals surface area contributed by atoms with Crippen molar-refractivity contribution in [2.45, 2.75) is 25.1 Å². The predicted molar refractivity (Wildman–Crippen MR) is 116 cm³/mol. The molecule has 3 rings (SSSR count). The number of alkyl carbamates (subject to hydrolysis) is 1. The minimum absolute atomic E-state index is 0.0319. The summed E-state index contributed by atoms with van der Waals surface area (Å²) in [6, 6.07) is 16.3. The first kappa shape index (κ1) is 24.6. The Morgan fingerprint density at radius 1 is 1.06 bits per heavy atom. The van der Waals surface area contributed by atoms with Gasteiger partial charge in [0, 0.05) is 0 Å². The maximum absolute atomic E-state index is 11.9. The van der Waals surface area contributed by atoms with Crippen LogP contribution < -0.4 is 10.1 Å². The average molecular weight is 462 g/mol. The predicted octanol–water partition coefficient (Wildman–Crippen LogP) is 2.46. The Hall–Kier alpha value is -3.66. The Morgan fingerprint density at radius 2 is 1.69 bits per heavy atom. The van der Waals surface area contributed by atoms with Crippen molar-refractivity contribution in [3.8, 4) is 5.75 Å². The van der Waals surface area contributed by atoms with Gasteiger partial charge in [-0.1, -0.05) is 58.6 Å². The van der Waals surface area contributed by atoms with Gasteiger partial charge in [-0.3, -0.25) is 0 Å². The van der Waals surface area contributed by atoms with E-state index in [2.05, 4.69) is 5.32 Å². The zero-order valence-electron chi connectivity index (χ0n) is 17.5. The second-order valence-corrected chi connectivity index (χ2v) is 7.54. The van der Waals surface area contributed by atoms with Crippen LogP contribution in [0.15, 0.2) is 72.8 Å². The number of hydrogen-bond donors (Lipinski definition) is 2. The summed E-state index contributed by atoms with van der Waals surface area (Å²) >= 11 is 0. The zero-order chi connectivity index (χ0) is 23.3. The normalized spacial score (nSPS) is 17.2. The molecular weight excluding hydrogens is 436 g/mol. The summed E-state index contributed by atoms with van der Waals surface area (Å²) in [6.07, 6.45) is 2.56. The highest BCUT2D eigenvalue weighted by Crippen LogP contribution is 2.11. The summed E-state index contributed by atoms with van der Waals surface area (Å²) in [5.74, 6) is -0.427. The number of carbonyl (C=O) groups is 2. The summed E-state index contributed by atoms with van der Waals surface area (Å²) in [7, 11) is -1.06. The van der Waals surface area contributed by atoms with Gasteiger partial charge in [0.05, 0.1) is 7.11 Å². The van der Waals surface area contributed by atoms with Gasteiger partial charge in [0.15, 0.2) is 6.54 Å². The lowest BCUT2D eigenvalue weighted by atomic mass is 10.1. The highest BCUT2D eigenvalue weighted by atomic mass is 32.2. The van der Waals surface area contributed by atoms with Gasteiger partial charge in [-0.25, -0.2) is 9.59 Å². The molecule has 32 heavy (non-hydrogen) atoms. The molecule has 1 amide bonds. The summed E-state index contributed by atoms with van der Waals surface area (Å²) in [5, 5.41) is 11.8. The molecule has 10 heteroatoms. The first-order valence-electron chi connectivity index (χ1n) is 9.72. The number of carbonyl (C=O) groups excluding carboxylic acids is 1. The van der Waals surface area contributed by atoms with E-state index in [1.807, 2.05) is 36.4 Å². The SMILES string of the molecule is COc1ccccc1.O=C(NC1CC=CC[N+](=S(=O)=O)C1C(=O)O)OCc1ccccc1. The van der Waals surface area contributed by atoms with E-state index in [0.29, 0.717) is 0 Å². The van der Waals surface area contributed by atoms with Crippen molar-refractivity contribution >= 4 is 22.6 Å². The van der Waals surface area contributed by atoms with Crippen LogP contribution in [0.1, 0.15) is 12.0 Å². The highest BCUT2D eigenvalue weighted by Gasteiger charge is 2.41. The van der Waals surface area contributed by atoms with E-state index < -0.39 is 34.6 Å².